The molecule has 0 spiro atoms. The molecule has 0 aromatic carbocycles. The third-order valence-corrected chi connectivity index (χ3v) is 0. The van der Waals surface area contributed by atoms with Crippen molar-refractivity contribution in [3.8, 4) is 0 Å². The van der Waals surface area contributed by atoms with Gasteiger partial charge in [-0.25, -0.2) is 0 Å². The second-order valence-electron chi connectivity index (χ2n) is 0.408. The Labute approximate surface area is 57.0 Å². The molecule has 0 saturated carbocycles. The van der Waals surface area contributed by atoms with E-state index >= 15 is 0 Å². The summed E-state index contributed by atoms with van der Waals surface area (Å²) in [5.41, 5.74) is 0. The van der Waals surface area contributed by atoms with E-state index in [1.807, 2.05) is 12.5 Å². The Morgan fingerprint density at radius 3 is 1.40 bits per heavy atom. The molecule has 0 saturated heterocycles. The summed E-state index contributed by atoms with van der Waals surface area (Å²) in [6, 6.07) is 0. The SMILES string of the molecule is CSC.[Cu][I]. The van der Waals surface area contributed by atoms with Crippen molar-refractivity contribution in [1.29, 1.82) is 0 Å². The minimum atomic E-state index is 1.71. The fourth-order valence-corrected chi connectivity index (χ4v) is 0. The van der Waals surface area contributed by atoms with Gasteiger partial charge < -0.3 is 0 Å². The van der Waals surface area contributed by atoms with Crippen LogP contribution in [0.2, 0.25) is 0 Å². The predicted molar refractivity (Wildman–Crippen MR) is 33.5 cm³/mol. The molecule has 0 fully saturated rings. The molecule has 0 aliphatic carbocycles. The topological polar surface area (TPSA) is 0 Å². The second-order valence-corrected chi connectivity index (χ2v) is 1.22. The van der Waals surface area contributed by atoms with Crippen molar-refractivity contribution in [3.05, 3.63) is 0 Å². The van der Waals surface area contributed by atoms with Gasteiger partial charge in [0.15, 0.2) is 0 Å². The number of hydrogen-bond donors (Lipinski definition) is 0. The fourth-order valence-electron chi connectivity index (χ4n) is 0. The molecule has 0 bridgehead atoms. The van der Waals surface area contributed by atoms with Crippen molar-refractivity contribution in [3.63, 3.8) is 0 Å². The Bertz CT molecular complexity index is 9.61. The molecule has 0 atom stereocenters. The van der Waals surface area contributed by atoms with E-state index in [4.69, 9.17) is 0 Å². The minimum absolute atomic E-state index is 1.71. The molecule has 0 aliphatic rings. The van der Waals surface area contributed by atoms with Crippen LogP contribution in [0.4, 0.5) is 0 Å². The Balaban J connectivity index is 0. The molecule has 0 N–H and O–H groups in total. The molecule has 0 aromatic rings. The fraction of sp³-hybridized carbons (Fsp3) is 1.00. The van der Waals surface area contributed by atoms with E-state index in [9.17, 15) is 0 Å². The van der Waals surface area contributed by atoms with E-state index in [0.29, 0.717) is 0 Å². The van der Waals surface area contributed by atoms with Crippen molar-refractivity contribution >= 4 is 32.1 Å². The van der Waals surface area contributed by atoms with Gasteiger partial charge in [-0.15, -0.1) is 0 Å². The summed E-state index contributed by atoms with van der Waals surface area (Å²) in [6.07, 6.45) is 4.08. The molecule has 0 aliphatic heterocycles. The van der Waals surface area contributed by atoms with Crippen LogP contribution in [0.1, 0.15) is 0 Å². The average Bonchev–Trinajstić information content (AvgIpc) is 1.46. The summed E-state index contributed by atoms with van der Waals surface area (Å²) in [7, 11) is 0. The Morgan fingerprint density at radius 1 is 1.40 bits per heavy atom. The molecular formula is C2H6CuIS. The van der Waals surface area contributed by atoms with Crippen LogP contribution in [0.3, 0.4) is 0 Å². The van der Waals surface area contributed by atoms with E-state index in [1.165, 1.54) is 0 Å². The molecule has 5 heavy (non-hydrogen) atoms. The van der Waals surface area contributed by atoms with E-state index in [-0.39, 0.29) is 0 Å². The molecule has 0 aromatic heterocycles. The van der Waals surface area contributed by atoms with Gasteiger partial charge in [-0.1, -0.05) is 0 Å². The maximum atomic E-state index is 4.16. The molecule has 38 valence electrons. The van der Waals surface area contributed by atoms with Crippen LogP contribution in [0.15, 0.2) is 0 Å². The number of halogens is 1. The Hall–Kier alpha value is 1.60. The standard InChI is InChI=1S/C2H6S.Cu.HI/c1-3-2;;/h1-2H3;;1H/q;+1;/p-1. The first-order chi connectivity index (χ1) is 2.41. The molecule has 0 radical (unpaired) electrons. The van der Waals surface area contributed by atoms with Gasteiger partial charge in [-0.05, 0) is 12.5 Å². The maximum absolute atomic E-state index is 4.16. The van der Waals surface area contributed by atoms with Crippen molar-refractivity contribution in [2.45, 2.75) is 0 Å². The first-order valence-corrected chi connectivity index (χ1v) is 5.60. The van der Waals surface area contributed by atoms with E-state index in [2.05, 4.69) is 12.8 Å². The van der Waals surface area contributed by atoms with Crippen LogP contribution in [0.25, 0.3) is 0 Å². The van der Waals surface area contributed by atoms with Gasteiger partial charge in [0.05, 0.1) is 0 Å². The predicted octanol–water partition coefficient (Wildman–Crippen LogP) is 1.86. The average molecular weight is 253 g/mol. The Morgan fingerprint density at radius 2 is 1.40 bits per heavy atom. The second kappa shape index (κ2) is 17.5. The van der Waals surface area contributed by atoms with Crippen LogP contribution in [0, 0.1) is 0 Å². The summed E-state index contributed by atoms with van der Waals surface area (Å²) < 4.78 is 0. The summed E-state index contributed by atoms with van der Waals surface area (Å²) in [5, 5.41) is 0. The number of thioether (sulfide) groups is 1. The zero-order chi connectivity index (χ0) is 4.71. The number of rotatable bonds is 0. The summed E-state index contributed by atoms with van der Waals surface area (Å²) in [4.78, 5) is 0. The summed E-state index contributed by atoms with van der Waals surface area (Å²) in [5.74, 6) is 0. The zero-order valence-electron chi connectivity index (χ0n) is 3.09. The van der Waals surface area contributed by atoms with Crippen LogP contribution >= 0.6 is 32.1 Å². The molecule has 0 rings (SSSR count). The third-order valence-electron chi connectivity index (χ3n) is 0. The zero-order valence-corrected chi connectivity index (χ0v) is 7.00. The molecule has 0 nitrogen and oxygen atoms in total. The van der Waals surface area contributed by atoms with Crippen LogP contribution in [-0.4, -0.2) is 12.5 Å². The van der Waals surface area contributed by atoms with Gasteiger partial charge in [0.1, 0.15) is 0 Å². The van der Waals surface area contributed by atoms with Crippen molar-refractivity contribution in [1.82, 2.24) is 0 Å². The summed E-state index contributed by atoms with van der Waals surface area (Å²) in [6.45, 7) is 0. The molecule has 0 amide bonds. The van der Waals surface area contributed by atoms with Gasteiger partial charge in [0.2, 0.25) is 0 Å². The first kappa shape index (κ1) is 9.78. The van der Waals surface area contributed by atoms with Crippen molar-refractivity contribution in [2.75, 3.05) is 12.5 Å². The molecule has 3 heteroatoms. The van der Waals surface area contributed by atoms with Gasteiger partial charge in [-0.3, -0.25) is 0 Å². The van der Waals surface area contributed by atoms with Gasteiger partial charge in [0.25, 0.3) is 0 Å². The molecule has 0 heterocycles. The Kier molecular flexibility index (Phi) is 34.3. The van der Waals surface area contributed by atoms with Crippen molar-refractivity contribution < 1.29 is 12.8 Å². The molecule has 0 unspecified atom stereocenters. The van der Waals surface area contributed by atoms with E-state index in [1.54, 1.807) is 32.1 Å². The number of hydrogen-bond acceptors (Lipinski definition) is 1. The third kappa shape index (κ3) is 28.4. The van der Waals surface area contributed by atoms with E-state index < -0.39 is 0 Å². The molecular weight excluding hydrogens is 247 g/mol. The van der Waals surface area contributed by atoms with Crippen LogP contribution < -0.4 is 0 Å². The quantitative estimate of drug-likeness (QED) is 0.468. The first-order valence-electron chi connectivity index (χ1n) is 0.930. The van der Waals surface area contributed by atoms with Gasteiger partial charge in [0, 0.05) is 0 Å². The summed E-state index contributed by atoms with van der Waals surface area (Å²) >= 11 is 7.62. The van der Waals surface area contributed by atoms with E-state index in [0.717, 1.165) is 0 Å². The van der Waals surface area contributed by atoms with Crippen LogP contribution in [0.5, 0.6) is 0 Å². The monoisotopic (exact) mass is 252 g/mol. The van der Waals surface area contributed by atoms with Gasteiger partial charge in [-0.2, -0.15) is 11.8 Å². The van der Waals surface area contributed by atoms with Gasteiger partial charge >= 0.3 is 33.1 Å². The van der Waals surface area contributed by atoms with Crippen molar-refractivity contribution in [2.24, 2.45) is 0 Å². The van der Waals surface area contributed by atoms with Crippen LogP contribution in [-0.2, 0) is 12.8 Å². The normalized spacial score (nSPS) is 5.00.